The van der Waals surface area contributed by atoms with Crippen LogP contribution >= 0.6 is 11.8 Å². The van der Waals surface area contributed by atoms with Crippen molar-refractivity contribution in [3.63, 3.8) is 0 Å². The lowest BCUT2D eigenvalue weighted by atomic mass is 10.1. The Morgan fingerprint density at radius 1 is 1.14 bits per heavy atom. The molecule has 3 aromatic rings. The van der Waals surface area contributed by atoms with Crippen LogP contribution in [0.2, 0.25) is 0 Å². The number of rotatable bonds is 7. The molecule has 0 aliphatic carbocycles. The summed E-state index contributed by atoms with van der Waals surface area (Å²) in [5.41, 5.74) is 2.98. The van der Waals surface area contributed by atoms with Crippen molar-refractivity contribution >= 4 is 23.4 Å². The number of hydrogen-bond donors (Lipinski definition) is 1. The first-order chi connectivity index (χ1) is 13.4. The van der Waals surface area contributed by atoms with Gasteiger partial charge in [-0.05, 0) is 61.4 Å². The van der Waals surface area contributed by atoms with E-state index < -0.39 is 0 Å². The van der Waals surface area contributed by atoms with E-state index in [2.05, 4.69) is 21.6 Å². The van der Waals surface area contributed by atoms with Crippen molar-refractivity contribution in [1.29, 1.82) is 0 Å². The van der Waals surface area contributed by atoms with Crippen molar-refractivity contribution in [3.8, 4) is 5.75 Å². The molecular formula is C20H21FN4O2S. The van der Waals surface area contributed by atoms with E-state index in [-0.39, 0.29) is 24.1 Å². The molecule has 1 aromatic heterocycles. The minimum absolute atomic E-state index is 0.109. The number of nitrogens with one attached hydrogen (secondary N) is 1. The first-order valence-corrected chi connectivity index (χ1v) is 9.67. The van der Waals surface area contributed by atoms with E-state index in [9.17, 15) is 9.18 Å². The van der Waals surface area contributed by atoms with Crippen molar-refractivity contribution < 1.29 is 13.9 Å². The molecule has 0 aliphatic rings. The Bertz CT molecular complexity index is 953. The molecule has 2 aromatic carbocycles. The smallest absolute Gasteiger partial charge is 0.234 e. The fourth-order valence-corrected chi connectivity index (χ4v) is 3.38. The van der Waals surface area contributed by atoms with E-state index in [1.54, 1.807) is 16.7 Å². The number of anilines is 1. The van der Waals surface area contributed by atoms with Gasteiger partial charge >= 0.3 is 0 Å². The standard InChI is InChI=1S/C20H21FN4O2S/c1-13-8-14(2)10-16(9-13)22-19(26)12-28-20-24-23-18(25(20)3)11-27-17-6-4-15(21)5-7-17/h4-10H,11-12H2,1-3H3,(H,22,26). The average Bonchev–Trinajstić information content (AvgIpc) is 2.98. The summed E-state index contributed by atoms with van der Waals surface area (Å²) in [7, 11) is 1.81. The molecule has 0 saturated carbocycles. The Balaban J connectivity index is 1.53. The van der Waals surface area contributed by atoms with Gasteiger partial charge in [0, 0.05) is 12.7 Å². The second kappa shape index (κ2) is 8.88. The average molecular weight is 400 g/mol. The molecule has 0 atom stereocenters. The Labute approximate surface area is 167 Å². The molecule has 0 spiro atoms. The van der Waals surface area contributed by atoms with Crippen LogP contribution in [0.25, 0.3) is 0 Å². The molecule has 8 heteroatoms. The number of nitrogens with zero attached hydrogens (tertiary/aromatic N) is 3. The number of thioether (sulfide) groups is 1. The maximum absolute atomic E-state index is 12.9. The highest BCUT2D eigenvalue weighted by Crippen LogP contribution is 2.19. The van der Waals surface area contributed by atoms with Gasteiger partial charge in [0.25, 0.3) is 0 Å². The number of aryl methyl sites for hydroxylation is 2. The highest BCUT2D eigenvalue weighted by Gasteiger charge is 2.12. The lowest BCUT2D eigenvalue weighted by molar-refractivity contribution is -0.113. The van der Waals surface area contributed by atoms with Crippen molar-refractivity contribution in [2.45, 2.75) is 25.6 Å². The number of carbonyl (C=O) groups is 1. The molecule has 1 N–H and O–H groups in total. The number of carbonyl (C=O) groups excluding carboxylic acids is 1. The Kier molecular flexibility index (Phi) is 6.30. The number of ether oxygens (including phenoxy) is 1. The minimum atomic E-state index is -0.316. The van der Waals surface area contributed by atoms with Gasteiger partial charge in [-0.2, -0.15) is 0 Å². The van der Waals surface area contributed by atoms with Gasteiger partial charge in [-0.3, -0.25) is 4.79 Å². The van der Waals surface area contributed by atoms with Gasteiger partial charge in [0.2, 0.25) is 5.91 Å². The molecule has 28 heavy (non-hydrogen) atoms. The van der Waals surface area contributed by atoms with Gasteiger partial charge in [-0.15, -0.1) is 10.2 Å². The quantitative estimate of drug-likeness (QED) is 0.610. The lowest BCUT2D eigenvalue weighted by Crippen LogP contribution is -2.14. The van der Waals surface area contributed by atoms with Crippen molar-refractivity contribution in [1.82, 2.24) is 14.8 Å². The van der Waals surface area contributed by atoms with Crippen LogP contribution in [0.15, 0.2) is 47.6 Å². The van der Waals surface area contributed by atoms with Crippen molar-refractivity contribution in [3.05, 3.63) is 65.2 Å². The molecule has 146 valence electrons. The van der Waals surface area contributed by atoms with Gasteiger partial charge < -0.3 is 14.6 Å². The number of halogens is 1. The molecule has 0 saturated heterocycles. The molecule has 1 amide bonds. The Morgan fingerprint density at radius 3 is 2.50 bits per heavy atom. The van der Waals surface area contributed by atoms with Crippen LogP contribution in [0.4, 0.5) is 10.1 Å². The van der Waals surface area contributed by atoms with Crippen molar-refractivity contribution in [2.75, 3.05) is 11.1 Å². The van der Waals surface area contributed by atoms with Crippen LogP contribution in [-0.4, -0.2) is 26.4 Å². The van der Waals surface area contributed by atoms with Crippen LogP contribution in [-0.2, 0) is 18.4 Å². The Hall–Kier alpha value is -2.87. The number of aromatic nitrogens is 3. The molecule has 0 bridgehead atoms. The molecule has 6 nitrogen and oxygen atoms in total. The topological polar surface area (TPSA) is 69.0 Å². The van der Waals surface area contributed by atoms with Gasteiger partial charge in [-0.25, -0.2) is 4.39 Å². The fraction of sp³-hybridized carbons (Fsp3) is 0.250. The van der Waals surface area contributed by atoms with Crippen LogP contribution in [0.5, 0.6) is 5.75 Å². The first-order valence-electron chi connectivity index (χ1n) is 8.68. The van der Waals surface area contributed by atoms with Crippen LogP contribution < -0.4 is 10.1 Å². The van der Waals surface area contributed by atoms with E-state index >= 15 is 0 Å². The first kappa shape index (κ1) is 19.9. The summed E-state index contributed by atoms with van der Waals surface area (Å²) in [6, 6.07) is 11.7. The fourth-order valence-electron chi connectivity index (χ4n) is 2.65. The van der Waals surface area contributed by atoms with Gasteiger partial charge in [0.15, 0.2) is 11.0 Å². The van der Waals surface area contributed by atoms with E-state index in [0.29, 0.717) is 16.7 Å². The zero-order valence-electron chi connectivity index (χ0n) is 15.9. The van der Waals surface area contributed by atoms with Gasteiger partial charge in [0.05, 0.1) is 5.75 Å². The summed E-state index contributed by atoms with van der Waals surface area (Å²) in [5, 5.41) is 11.7. The third kappa shape index (κ3) is 5.32. The van der Waals surface area contributed by atoms with Crippen LogP contribution in [0, 0.1) is 19.7 Å². The monoisotopic (exact) mass is 400 g/mol. The van der Waals surface area contributed by atoms with Crippen LogP contribution in [0.3, 0.4) is 0 Å². The number of amides is 1. The summed E-state index contributed by atoms with van der Waals surface area (Å²) >= 11 is 1.30. The highest BCUT2D eigenvalue weighted by molar-refractivity contribution is 7.99. The van der Waals surface area contributed by atoms with Crippen molar-refractivity contribution in [2.24, 2.45) is 7.05 Å². The van der Waals surface area contributed by atoms with E-state index in [4.69, 9.17) is 4.74 Å². The van der Waals surface area contributed by atoms with E-state index in [1.165, 1.54) is 23.9 Å². The third-order valence-corrected chi connectivity index (χ3v) is 4.96. The molecular weight excluding hydrogens is 379 g/mol. The molecule has 0 fully saturated rings. The summed E-state index contributed by atoms with van der Waals surface area (Å²) in [6.07, 6.45) is 0. The summed E-state index contributed by atoms with van der Waals surface area (Å²) < 4.78 is 20.3. The van der Waals surface area contributed by atoms with Gasteiger partial charge in [0.1, 0.15) is 18.2 Å². The minimum Gasteiger partial charge on any atom is -0.486 e. The maximum atomic E-state index is 12.9. The molecule has 3 rings (SSSR count). The van der Waals surface area contributed by atoms with Crippen LogP contribution in [0.1, 0.15) is 17.0 Å². The van der Waals surface area contributed by atoms with E-state index in [0.717, 1.165) is 16.8 Å². The number of hydrogen-bond acceptors (Lipinski definition) is 5. The zero-order chi connectivity index (χ0) is 20.1. The third-order valence-electron chi connectivity index (χ3n) is 3.94. The summed E-state index contributed by atoms with van der Waals surface area (Å²) in [6.45, 7) is 4.18. The lowest BCUT2D eigenvalue weighted by Gasteiger charge is -2.08. The number of benzene rings is 2. The zero-order valence-corrected chi connectivity index (χ0v) is 16.7. The maximum Gasteiger partial charge on any atom is 0.234 e. The Morgan fingerprint density at radius 2 is 1.82 bits per heavy atom. The van der Waals surface area contributed by atoms with Gasteiger partial charge in [-0.1, -0.05) is 17.8 Å². The molecule has 0 aliphatic heterocycles. The normalized spacial score (nSPS) is 10.7. The summed E-state index contributed by atoms with van der Waals surface area (Å²) in [5.74, 6) is 0.955. The van der Waals surface area contributed by atoms with E-state index in [1.807, 2.05) is 33.0 Å². The SMILES string of the molecule is Cc1cc(C)cc(NC(=O)CSc2nnc(COc3ccc(F)cc3)n2C)c1. The second-order valence-electron chi connectivity index (χ2n) is 6.41. The predicted molar refractivity (Wildman–Crippen MR) is 107 cm³/mol. The molecule has 1 heterocycles. The second-order valence-corrected chi connectivity index (χ2v) is 7.36. The molecule has 0 unspecified atom stereocenters. The largest absolute Gasteiger partial charge is 0.486 e. The predicted octanol–water partition coefficient (Wildman–Crippen LogP) is 3.88. The molecule has 0 radical (unpaired) electrons. The highest BCUT2D eigenvalue weighted by atomic mass is 32.2. The summed E-state index contributed by atoms with van der Waals surface area (Å²) in [4.78, 5) is 12.2.